The molecule has 0 atom stereocenters. The van der Waals surface area contributed by atoms with Gasteiger partial charge in [-0.25, -0.2) is 9.78 Å². The summed E-state index contributed by atoms with van der Waals surface area (Å²) in [5.74, 6) is -1.22. The smallest absolute Gasteiger partial charge is 0.335 e. The molecule has 0 spiro atoms. The van der Waals surface area contributed by atoms with E-state index >= 15 is 0 Å². The minimum Gasteiger partial charge on any atom is -0.478 e. The van der Waals surface area contributed by atoms with Crippen LogP contribution in [0.5, 0.6) is 0 Å². The molecule has 0 radical (unpaired) electrons. The van der Waals surface area contributed by atoms with Crippen LogP contribution in [0.25, 0.3) is 0 Å². The number of hydrogen-bond donors (Lipinski definition) is 2. The van der Waals surface area contributed by atoms with Gasteiger partial charge in [-0.2, -0.15) is 0 Å². The van der Waals surface area contributed by atoms with E-state index < -0.39 is 10.9 Å². The molecule has 0 saturated heterocycles. The Morgan fingerprint density at radius 1 is 1.35 bits per heavy atom. The minimum atomic E-state index is -1.22. The number of aromatic carboxylic acids is 1. The highest BCUT2D eigenvalue weighted by Gasteiger charge is 2.17. The van der Waals surface area contributed by atoms with E-state index in [-0.39, 0.29) is 16.9 Å². The second kappa shape index (κ2) is 5.66. The van der Waals surface area contributed by atoms with Crippen molar-refractivity contribution in [2.75, 3.05) is 5.32 Å². The lowest BCUT2D eigenvalue weighted by Gasteiger charge is -2.07. The highest BCUT2D eigenvalue weighted by molar-refractivity contribution is 9.10. The number of pyridine rings is 1. The Hall–Kier alpha value is -2.48. The Morgan fingerprint density at radius 3 is 2.70 bits per heavy atom. The molecule has 0 saturated carbocycles. The molecule has 2 aromatic rings. The molecular weight excluding hydrogens is 330 g/mol. The molecule has 20 heavy (non-hydrogen) atoms. The Morgan fingerprint density at radius 2 is 2.10 bits per heavy atom. The van der Waals surface area contributed by atoms with Crippen LogP contribution in [0.15, 0.2) is 41.1 Å². The summed E-state index contributed by atoms with van der Waals surface area (Å²) in [5.41, 5.74) is 0.354. The predicted molar refractivity (Wildman–Crippen MR) is 75.3 cm³/mol. The Bertz CT molecular complexity index is 690. The monoisotopic (exact) mass is 337 g/mol. The first kappa shape index (κ1) is 13.9. The van der Waals surface area contributed by atoms with E-state index in [4.69, 9.17) is 5.11 Å². The highest BCUT2D eigenvalue weighted by Crippen LogP contribution is 2.29. The van der Waals surface area contributed by atoms with Crippen molar-refractivity contribution in [1.29, 1.82) is 0 Å². The van der Waals surface area contributed by atoms with Crippen LogP contribution in [0.3, 0.4) is 0 Å². The van der Waals surface area contributed by atoms with Crippen molar-refractivity contribution in [3.8, 4) is 0 Å². The third-order valence-corrected chi connectivity index (χ3v) is 2.88. The zero-order valence-corrected chi connectivity index (χ0v) is 11.5. The number of carboxylic acid groups (broad SMARTS) is 1. The molecule has 1 aromatic heterocycles. The van der Waals surface area contributed by atoms with E-state index in [1.165, 1.54) is 18.3 Å². The van der Waals surface area contributed by atoms with Crippen LogP contribution in [0.2, 0.25) is 0 Å². The second-order valence-electron chi connectivity index (χ2n) is 3.79. The third-order valence-electron chi connectivity index (χ3n) is 2.45. The summed E-state index contributed by atoms with van der Waals surface area (Å²) < 4.78 is 0.576. The standard InChI is InChI=1S/C12H8BrN3O4/c13-11-6-8(3-4-14-11)15-9-2-1-7(12(17)18)5-10(9)16(19)20/h1-6H,(H,14,15)(H,17,18). The largest absolute Gasteiger partial charge is 0.478 e. The van der Waals surface area contributed by atoms with Gasteiger partial charge in [0, 0.05) is 18.0 Å². The number of carboxylic acids is 1. The molecule has 7 nitrogen and oxygen atoms in total. The molecule has 0 bridgehead atoms. The van der Waals surface area contributed by atoms with E-state index in [1.807, 2.05) is 0 Å². The van der Waals surface area contributed by atoms with Gasteiger partial charge in [0.2, 0.25) is 0 Å². The third kappa shape index (κ3) is 3.09. The number of hydrogen-bond acceptors (Lipinski definition) is 5. The van der Waals surface area contributed by atoms with Crippen molar-refractivity contribution in [2.45, 2.75) is 0 Å². The van der Waals surface area contributed by atoms with E-state index in [1.54, 1.807) is 12.1 Å². The highest BCUT2D eigenvalue weighted by atomic mass is 79.9. The zero-order valence-electron chi connectivity index (χ0n) is 9.91. The van der Waals surface area contributed by atoms with Crippen LogP contribution >= 0.6 is 15.9 Å². The van der Waals surface area contributed by atoms with Crippen LogP contribution in [0.4, 0.5) is 17.1 Å². The van der Waals surface area contributed by atoms with Gasteiger partial charge in [-0.1, -0.05) is 0 Å². The summed E-state index contributed by atoms with van der Waals surface area (Å²) in [6.07, 6.45) is 1.53. The van der Waals surface area contributed by atoms with Crippen LogP contribution in [-0.2, 0) is 0 Å². The summed E-state index contributed by atoms with van der Waals surface area (Å²) in [4.78, 5) is 25.1. The fourth-order valence-electron chi connectivity index (χ4n) is 1.56. The first-order valence-electron chi connectivity index (χ1n) is 5.37. The number of aromatic nitrogens is 1. The molecule has 0 aliphatic rings. The minimum absolute atomic E-state index is 0.141. The molecule has 0 aliphatic carbocycles. The van der Waals surface area contributed by atoms with Gasteiger partial charge in [0.25, 0.3) is 5.69 Å². The average Bonchev–Trinajstić information content (AvgIpc) is 2.38. The number of anilines is 2. The van der Waals surface area contributed by atoms with E-state index in [9.17, 15) is 14.9 Å². The zero-order chi connectivity index (χ0) is 14.7. The van der Waals surface area contributed by atoms with Crippen molar-refractivity contribution < 1.29 is 14.8 Å². The van der Waals surface area contributed by atoms with E-state index in [0.29, 0.717) is 10.3 Å². The molecule has 1 aromatic carbocycles. The predicted octanol–water partition coefficient (Wildman–Crippen LogP) is 3.19. The molecule has 0 aliphatic heterocycles. The Labute approximate surface area is 121 Å². The second-order valence-corrected chi connectivity index (χ2v) is 4.60. The summed E-state index contributed by atoms with van der Waals surface area (Å²) in [7, 11) is 0. The summed E-state index contributed by atoms with van der Waals surface area (Å²) in [5, 5.41) is 22.7. The maximum atomic E-state index is 11.0. The van der Waals surface area contributed by atoms with Crippen molar-refractivity contribution in [2.24, 2.45) is 0 Å². The number of carbonyl (C=O) groups is 1. The quantitative estimate of drug-likeness (QED) is 0.504. The number of rotatable bonds is 4. The van der Waals surface area contributed by atoms with Gasteiger partial charge in [-0.15, -0.1) is 0 Å². The van der Waals surface area contributed by atoms with Crippen molar-refractivity contribution in [3.05, 3.63) is 56.8 Å². The van der Waals surface area contributed by atoms with E-state index in [2.05, 4.69) is 26.2 Å². The average molecular weight is 338 g/mol. The number of nitro groups is 1. The van der Waals surface area contributed by atoms with Gasteiger partial charge in [-0.05, 0) is 40.2 Å². The molecule has 0 amide bonds. The lowest BCUT2D eigenvalue weighted by Crippen LogP contribution is -2.01. The maximum absolute atomic E-state index is 11.0. The number of nitrogens with one attached hydrogen (secondary N) is 1. The van der Waals surface area contributed by atoms with Crippen molar-refractivity contribution in [3.63, 3.8) is 0 Å². The summed E-state index contributed by atoms with van der Waals surface area (Å²) in [6.45, 7) is 0. The first-order valence-corrected chi connectivity index (χ1v) is 6.17. The van der Waals surface area contributed by atoms with Gasteiger partial charge in [0.1, 0.15) is 10.3 Å². The van der Waals surface area contributed by atoms with Crippen molar-refractivity contribution in [1.82, 2.24) is 4.98 Å². The number of halogens is 1. The summed E-state index contributed by atoms with van der Waals surface area (Å²) >= 11 is 3.19. The number of nitrogens with zero attached hydrogens (tertiary/aromatic N) is 2. The lowest BCUT2D eigenvalue weighted by atomic mass is 10.1. The SMILES string of the molecule is O=C(O)c1ccc(Nc2ccnc(Br)c2)c([N+](=O)[O-])c1. The van der Waals surface area contributed by atoms with Gasteiger partial charge in [0.15, 0.2) is 0 Å². The Kier molecular flexibility index (Phi) is 3.94. The lowest BCUT2D eigenvalue weighted by molar-refractivity contribution is -0.383. The molecule has 0 unspecified atom stereocenters. The van der Waals surface area contributed by atoms with Gasteiger partial charge in [-0.3, -0.25) is 10.1 Å². The fraction of sp³-hybridized carbons (Fsp3) is 0. The molecule has 2 N–H and O–H groups in total. The van der Waals surface area contributed by atoms with Crippen molar-refractivity contribution >= 4 is 39.0 Å². The fourth-order valence-corrected chi connectivity index (χ4v) is 1.92. The van der Waals surface area contributed by atoms with Gasteiger partial charge >= 0.3 is 5.97 Å². The van der Waals surface area contributed by atoms with Crippen LogP contribution in [0, 0.1) is 10.1 Å². The molecular formula is C12H8BrN3O4. The molecule has 1 heterocycles. The van der Waals surface area contributed by atoms with Crippen LogP contribution in [-0.4, -0.2) is 21.0 Å². The van der Waals surface area contributed by atoms with E-state index in [0.717, 1.165) is 6.07 Å². The molecule has 0 fully saturated rings. The number of benzene rings is 1. The molecule has 102 valence electrons. The first-order chi connectivity index (χ1) is 9.47. The van der Waals surface area contributed by atoms with Gasteiger partial charge < -0.3 is 10.4 Å². The van der Waals surface area contributed by atoms with Gasteiger partial charge in [0.05, 0.1) is 10.5 Å². The Balaban J connectivity index is 2.41. The maximum Gasteiger partial charge on any atom is 0.335 e. The molecule has 8 heteroatoms. The van der Waals surface area contributed by atoms with Crippen LogP contribution in [0.1, 0.15) is 10.4 Å². The van der Waals surface area contributed by atoms with Crippen LogP contribution < -0.4 is 5.32 Å². The molecule has 2 rings (SSSR count). The number of nitro benzene ring substituents is 1. The summed E-state index contributed by atoms with van der Waals surface area (Å²) in [6, 6.07) is 6.96. The topological polar surface area (TPSA) is 105 Å². The normalized spacial score (nSPS) is 10.1.